The summed E-state index contributed by atoms with van der Waals surface area (Å²) in [6.07, 6.45) is 0.279. The highest BCUT2D eigenvalue weighted by Gasteiger charge is 2.14. The molecule has 0 aliphatic heterocycles. The summed E-state index contributed by atoms with van der Waals surface area (Å²) >= 11 is 0. The Morgan fingerprint density at radius 1 is 1.15 bits per heavy atom. The van der Waals surface area contributed by atoms with E-state index in [9.17, 15) is 4.79 Å². The molecule has 0 unspecified atom stereocenters. The fraction of sp³-hybridized carbons (Fsp3) is 0.500. The number of methoxy groups -OCH3 is 2. The van der Waals surface area contributed by atoms with Gasteiger partial charge in [-0.25, -0.2) is 0 Å². The summed E-state index contributed by atoms with van der Waals surface area (Å²) in [5, 5.41) is 5.61. The number of carbonyl (C=O) groups is 1. The number of carbonyl (C=O) groups excluding carboxylic acids is 1. The summed E-state index contributed by atoms with van der Waals surface area (Å²) in [4.78, 5) is 11.2. The molecule has 112 valence electrons. The first-order valence-electron chi connectivity index (χ1n) is 6.39. The Balaban J connectivity index is 2.89. The molecule has 0 aliphatic rings. The molecule has 0 aliphatic carbocycles. The normalized spacial score (nSPS) is 10.0. The first kappa shape index (κ1) is 16.1. The van der Waals surface area contributed by atoms with Crippen LogP contribution in [-0.2, 0) is 11.3 Å². The summed E-state index contributed by atoms with van der Waals surface area (Å²) in [7, 11) is 6.61. The largest absolute Gasteiger partial charge is 0.493 e. The van der Waals surface area contributed by atoms with Crippen LogP contribution in [0.25, 0.3) is 0 Å². The van der Waals surface area contributed by atoms with Crippen molar-refractivity contribution in [3.8, 4) is 17.2 Å². The molecule has 6 heteroatoms. The lowest BCUT2D eigenvalue weighted by Crippen LogP contribution is -2.20. The SMILES string of the molecule is CNCc1cc(OC)c(OCCC(=O)NC)c(OC)c1. The fourth-order valence-corrected chi connectivity index (χ4v) is 1.75. The molecule has 0 atom stereocenters. The molecule has 1 aromatic rings. The number of hydrogen-bond donors (Lipinski definition) is 2. The van der Waals surface area contributed by atoms with Crippen molar-refractivity contribution >= 4 is 5.91 Å². The highest BCUT2D eigenvalue weighted by Crippen LogP contribution is 2.38. The number of ether oxygens (including phenoxy) is 3. The van der Waals surface area contributed by atoms with E-state index in [2.05, 4.69) is 10.6 Å². The highest BCUT2D eigenvalue weighted by molar-refractivity contribution is 5.75. The minimum absolute atomic E-state index is 0.0743. The molecule has 1 aromatic carbocycles. The monoisotopic (exact) mass is 282 g/mol. The molecule has 0 bridgehead atoms. The summed E-state index contributed by atoms with van der Waals surface area (Å²) < 4.78 is 16.3. The first-order valence-corrected chi connectivity index (χ1v) is 6.39. The smallest absolute Gasteiger partial charge is 0.223 e. The van der Waals surface area contributed by atoms with Gasteiger partial charge in [-0.2, -0.15) is 0 Å². The third-order valence-corrected chi connectivity index (χ3v) is 2.76. The van der Waals surface area contributed by atoms with Crippen LogP contribution < -0.4 is 24.8 Å². The third kappa shape index (κ3) is 4.31. The standard InChI is InChI=1S/C14H22N2O4/c1-15-9-10-7-11(18-3)14(12(8-10)19-4)20-6-5-13(17)16-2/h7-8,15H,5-6,9H2,1-4H3,(H,16,17). The topological polar surface area (TPSA) is 68.8 Å². The van der Waals surface area contributed by atoms with E-state index in [1.165, 1.54) is 0 Å². The number of benzene rings is 1. The first-order chi connectivity index (χ1) is 9.65. The van der Waals surface area contributed by atoms with Gasteiger partial charge >= 0.3 is 0 Å². The minimum atomic E-state index is -0.0743. The Kier molecular flexibility index (Phi) is 6.66. The van der Waals surface area contributed by atoms with Gasteiger partial charge in [-0.3, -0.25) is 4.79 Å². The molecule has 0 aromatic heterocycles. The molecule has 0 spiro atoms. The van der Waals surface area contributed by atoms with Crippen LogP contribution in [-0.4, -0.2) is 40.8 Å². The molecule has 0 saturated carbocycles. The van der Waals surface area contributed by atoms with Crippen LogP contribution in [0.3, 0.4) is 0 Å². The van der Waals surface area contributed by atoms with E-state index < -0.39 is 0 Å². The van der Waals surface area contributed by atoms with Gasteiger partial charge in [-0.15, -0.1) is 0 Å². The van der Waals surface area contributed by atoms with Crippen LogP contribution in [0.2, 0.25) is 0 Å². The number of nitrogens with one attached hydrogen (secondary N) is 2. The van der Waals surface area contributed by atoms with Gasteiger partial charge in [0, 0.05) is 13.6 Å². The van der Waals surface area contributed by atoms with Crippen LogP contribution in [0, 0.1) is 0 Å². The van der Waals surface area contributed by atoms with E-state index in [4.69, 9.17) is 14.2 Å². The van der Waals surface area contributed by atoms with Crippen molar-refractivity contribution in [3.05, 3.63) is 17.7 Å². The lowest BCUT2D eigenvalue weighted by molar-refractivity contribution is -0.121. The van der Waals surface area contributed by atoms with Gasteiger partial charge < -0.3 is 24.8 Å². The maximum atomic E-state index is 11.2. The van der Waals surface area contributed by atoms with Crippen LogP contribution in [0.5, 0.6) is 17.2 Å². The molecular weight excluding hydrogens is 260 g/mol. The van der Waals surface area contributed by atoms with Crippen molar-refractivity contribution in [2.24, 2.45) is 0 Å². The number of rotatable bonds is 8. The summed E-state index contributed by atoms with van der Waals surface area (Å²) in [6.45, 7) is 0.961. The van der Waals surface area contributed by atoms with Crippen molar-refractivity contribution in [1.82, 2.24) is 10.6 Å². The van der Waals surface area contributed by atoms with Crippen molar-refractivity contribution in [2.45, 2.75) is 13.0 Å². The quantitative estimate of drug-likeness (QED) is 0.742. The minimum Gasteiger partial charge on any atom is -0.493 e. The molecule has 2 N–H and O–H groups in total. The zero-order valence-corrected chi connectivity index (χ0v) is 12.4. The third-order valence-electron chi connectivity index (χ3n) is 2.76. The number of hydrogen-bond acceptors (Lipinski definition) is 5. The molecule has 20 heavy (non-hydrogen) atoms. The van der Waals surface area contributed by atoms with Crippen molar-refractivity contribution in [1.29, 1.82) is 0 Å². The van der Waals surface area contributed by atoms with Gasteiger partial charge in [0.05, 0.1) is 27.2 Å². The van der Waals surface area contributed by atoms with Crippen LogP contribution in [0.15, 0.2) is 12.1 Å². The van der Waals surface area contributed by atoms with Gasteiger partial charge in [0.25, 0.3) is 0 Å². The van der Waals surface area contributed by atoms with E-state index in [1.807, 2.05) is 19.2 Å². The molecular formula is C14H22N2O4. The van der Waals surface area contributed by atoms with Crippen LogP contribution in [0.1, 0.15) is 12.0 Å². The molecule has 6 nitrogen and oxygen atoms in total. The van der Waals surface area contributed by atoms with E-state index in [0.717, 1.165) is 5.56 Å². The molecule has 1 rings (SSSR count). The Bertz CT molecular complexity index is 424. The van der Waals surface area contributed by atoms with Gasteiger partial charge in [-0.1, -0.05) is 0 Å². The van der Waals surface area contributed by atoms with Gasteiger partial charge in [0.2, 0.25) is 11.7 Å². The second-order valence-electron chi connectivity index (χ2n) is 4.13. The maximum absolute atomic E-state index is 11.2. The Morgan fingerprint density at radius 2 is 1.75 bits per heavy atom. The second-order valence-corrected chi connectivity index (χ2v) is 4.13. The average molecular weight is 282 g/mol. The van der Waals surface area contributed by atoms with Crippen LogP contribution >= 0.6 is 0 Å². The summed E-state index contributed by atoms with van der Waals surface area (Å²) in [5.74, 6) is 1.62. The van der Waals surface area contributed by atoms with Crippen LogP contribution in [0.4, 0.5) is 0 Å². The Morgan fingerprint density at radius 3 is 2.20 bits per heavy atom. The lowest BCUT2D eigenvalue weighted by Gasteiger charge is -2.16. The molecule has 0 saturated heterocycles. The molecule has 0 heterocycles. The number of amides is 1. The average Bonchev–Trinajstić information content (AvgIpc) is 2.47. The van der Waals surface area contributed by atoms with E-state index in [0.29, 0.717) is 23.8 Å². The predicted octanol–water partition coefficient (Wildman–Crippen LogP) is 0.938. The molecule has 0 fully saturated rings. The highest BCUT2D eigenvalue weighted by atomic mass is 16.5. The van der Waals surface area contributed by atoms with Crippen molar-refractivity contribution < 1.29 is 19.0 Å². The van der Waals surface area contributed by atoms with E-state index in [-0.39, 0.29) is 18.9 Å². The van der Waals surface area contributed by atoms with Gasteiger partial charge in [0.1, 0.15) is 0 Å². The van der Waals surface area contributed by atoms with E-state index in [1.54, 1.807) is 21.3 Å². The lowest BCUT2D eigenvalue weighted by atomic mass is 10.2. The van der Waals surface area contributed by atoms with Gasteiger partial charge in [-0.05, 0) is 24.7 Å². The zero-order valence-electron chi connectivity index (χ0n) is 12.4. The molecule has 1 amide bonds. The maximum Gasteiger partial charge on any atom is 0.223 e. The second kappa shape index (κ2) is 8.27. The van der Waals surface area contributed by atoms with Crippen molar-refractivity contribution in [2.75, 3.05) is 34.9 Å². The predicted molar refractivity (Wildman–Crippen MR) is 76.5 cm³/mol. The zero-order chi connectivity index (χ0) is 15.0. The van der Waals surface area contributed by atoms with Crippen molar-refractivity contribution in [3.63, 3.8) is 0 Å². The summed E-state index contributed by atoms with van der Waals surface area (Å²) in [5.41, 5.74) is 1.03. The Labute approximate surface area is 119 Å². The molecule has 0 radical (unpaired) electrons. The summed E-state index contributed by atoms with van der Waals surface area (Å²) in [6, 6.07) is 3.77. The van der Waals surface area contributed by atoms with Gasteiger partial charge in [0.15, 0.2) is 11.5 Å². The fourth-order valence-electron chi connectivity index (χ4n) is 1.75. The Hall–Kier alpha value is -1.95. The van der Waals surface area contributed by atoms with E-state index >= 15 is 0 Å².